The van der Waals surface area contributed by atoms with Gasteiger partial charge in [0.1, 0.15) is 11.9 Å². The van der Waals surface area contributed by atoms with Crippen molar-refractivity contribution in [2.45, 2.75) is 38.8 Å². The predicted octanol–water partition coefficient (Wildman–Crippen LogP) is 0.568. The molecule has 0 bridgehead atoms. The molecule has 1 unspecified atom stereocenters. The van der Waals surface area contributed by atoms with E-state index in [2.05, 4.69) is 4.98 Å². The monoisotopic (exact) mass is 238 g/mol. The standard InChI is InChI=1S/C12H18N2O3/c1-8-9(5-7-15)12(16)14-6-3-4-10(17-2)11(14)13-8/h10,15H,3-7H2,1-2H3. The number of aliphatic hydroxyl groups is 1. The largest absolute Gasteiger partial charge is 0.396 e. The highest BCUT2D eigenvalue weighted by molar-refractivity contribution is 5.19. The van der Waals surface area contributed by atoms with Crippen molar-refractivity contribution >= 4 is 0 Å². The van der Waals surface area contributed by atoms with Gasteiger partial charge in [-0.3, -0.25) is 9.36 Å². The maximum Gasteiger partial charge on any atom is 0.257 e. The summed E-state index contributed by atoms with van der Waals surface area (Å²) in [5.41, 5.74) is 1.30. The fourth-order valence-electron chi connectivity index (χ4n) is 2.37. The van der Waals surface area contributed by atoms with Crippen LogP contribution in [0, 0.1) is 6.92 Å². The summed E-state index contributed by atoms with van der Waals surface area (Å²) in [6, 6.07) is 0. The third-order valence-electron chi connectivity index (χ3n) is 3.28. The van der Waals surface area contributed by atoms with Crippen molar-refractivity contribution in [3.63, 3.8) is 0 Å². The second-order valence-electron chi connectivity index (χ2n) is 4.33. The minimum atomic E-state index is -0.0849. The molecule has 1 aromatic rings. The van der Waals surface area contributed by atoms with Crippen LogP contribution >= 0.6 is 0 Å². The van der Waals surface area contributed by atoms with E-state index >= 15 is 0 Å². The zero-order valence-electron chi connectivity index (χ0n) is 10.3. The molecule has 0 saturated carbocycles. The van der Waals surface area contributed by atoms with Gasteiger partial charge in [0.15, 0.2) is 0 Å². The highest BCUT2D eigenvalue weighted by Gasteiger charge is 2.24. The van der Waals surface area contributed by atoms with Crippen molar-refractivity contribution < 1.29 is 9.84 Å². The van der Waals surface area contributed by atoms with Crippen molar-refractivity contribution in [3.05, 3.63) is 27.4 Å². The lowest BCUT2D eigenvalue weighted by Crippen LogP contribution is -2.34. The molecular weight excluding hydrogens is 220 g/mol. The van der Waals surface area contributed by atoms with Crippen LogP contribution in [0.1, 0.15) is 36.0 Å². The lowest BCUT2D eigenvalue weighted by molar-refractivity contribution is 0.0692. The fourth-order valence-corrected chi connectivity index (χ4v) is 2.37. The number of fused-ring (bicyclic) bond motifs is 1. The maximum atomic E-state index is 12.2. The van der Waals surface area contributed by atoms with Crippen molar-refractivity contribution in [2.24, 2.45) is 0 Å². The Labute approximate surface area is 100 Å². The van der Waals surface area contributed by atoms with Crippen LogP contribution in [0.2, 0.25) is 0 Å². The molecule has 5 nitrogen and oxygen atoms in total. The van der Waals surface area contributed by atoms with Gasteiger partial charge in [0.05, 0.1) is 0 Å². The molecule has 0 spiro atoms. The summed E-state index contributed by atoms with van der Waals surface area (Å²) in [5.74, 6) is 0.725. The molecule has 1 N–H and O–H groups in total. The van der Waals surface area contributed by atoms with Crippen molar-refractivity contribution in [1.82, 2.24) is 9.55 Å². The molecule has 17 heavy (non-hydrogen) atoms. The van der Waals surface area contributed by atoms with Crippen LogP contribution in [0.4, 0.5) is 0 Å². The number of aliphatic hydroxyl groups excluding tert-OH is 1. The van der Waals surface area contributed by atoms with Crippen LogP contribution in [0.3, 0.4) is 0 Å². The Balaban J connectivity index is 2.55. The summed E-state index contributed by atoms with van der Waals surface area (Å²) in [6.45, 7) is 2.49. The van der Waals surface area contributed by atoms with Gasteiger partial charge in [0, 0.05) is 37.9 Å². The van der Waals surface area contributed by atoms with Gasteiger partial charge in [-0.25, -0.2) is 4.98 Å². The van der Waals surface area contributed by atoms with E-state index in [1.807, 2.05) is 6.92 Å². The number of aryl methyl sites for hydroxylation is 1. The molecule has 0 radical (unpaired) electrons. The molecule has 2 heterocycles. The molecular formula is C12H18N2O3. The van der Waals surface area contributed by atoms with Crippen LogP contribution in [0.15, 0.2) is 4.79 Å². The summed E-state index contributed by atoms with van der Waals surface area (Å²) in [6.07, 6.45) is 2.12. The zero-order chi connectivity index (χ0) is 12.4. The van der Waals surface area contributed by atoms with Gasteiger partial charge in [0.2, 0.25) is 0 Å². The van der Waals surface area contributed by atoms with E-state index in [9.17, 15) is 4.79 Å². The number of nitrogens with zero attached hydrogens (tertiary/aromatic N) is 2. The van der Waals surface area contributed by atoms with E-state index in [0.29, 0.717) is 24.2 Å². The first-order valence-electron chi connectivity index (χ1n) is 5.93. The summed E-state index contributed by atoms with van der Waals surface area (Å²) in [7, 11) is 1.64. The Morgan fingerprint density at radius 3 is 3.00 bits per heavy atom. The quantitative estimate of drug-likeness (QED) is 0.836. The minimum Gasteiger partial charge on any atom is -0.396 e. The predicted molar refractivity (Wildman–Crippen MR) is 63.0 cm³/mol. The second kappa shape index (κ2) is 4.98. The number of hydrogen-bond acceptors (Lipinski definition) is 4. The third-order valence-corrected chi connectivity index (χ3v) is 3.28. The average molecular weight is 238 g/mol. The number of rotatable bonds is 3. The molecule has 5 heteroatoms. The van der Waals surface area contributed by atoms with Gasteiger partial charge in [-0.15, -0.1) is 0 Å². The van der Waals surface area contributed by atoms with E-state index < -0.39 is 0 Å². The number of ether oxygens (including phenoxy) is 1. The van der Waals surface area contributed by atoms with E-state index in [1.54, 1.807) is 11.7 Å². The molecule has 0 amide bonds. The topological polar surface area (TPSA) is 64.3 Å². The van der Waals surface area contributed by atoms with Crippen LogP contribution in [-0.4, -0.2) is 28.4 Å². The van der Waals surface area contributed by atoms with Crippen LogP contribution in [0.25, 0.3) is 0 Å². The van der Waals surface area contributed by atoms with Crippen LogP contribution < -0.4 is 5.56 Å². The Morgan fingerprint density at radius 1 is 1.59 bits per heavy atom. The Morgan fingerprint density at radius 2 is 2.35 bits per heavy atom. The SMILES string of the molecule is COC1CCCn2c1nc(C)c(CCO)c2=O. The van der Waals surface area contributed by atoms with Gasteiger partial charge < -0.3 is 9.84 Å². The maximum absolute atomic E-state index is 12.2. The Bertz CT molecular complexity index is 468. The summed E-state index contributed by atoms with van der Waals surface area (Å²) >= 11 is 0. The normalized spacial score (nSPS) is 19.1. The lowest BCUT2D eigenvalue weighted by Gasteiger charge is -2.25. The summed E-state index contributed by atoms with van der Waals surface area (Å²) < 4.78 is 7.05. The van der Waals surface area contributed by atoms with Crippen LogP contribution in [-0.2, 0) is 17.7 Å². The molecule has 0 aromatic carbocycles. The number of hydrogen-bond donors (Lipinski definition) is 1. The second-order valence-corrected chi connectivity index (χ2v) is 4.33. The molecule has 1 aliphatic rings. The fraction of sp³-hybridized carbons (Fsp3) is 0.667. The van der Waals surface area contributed by atoms with Crippen molar-refractivity contribution in [2.75, 3.05) is 13.7 Å². The molecule has 2 rings (SSSR count). The van der Waals surface area contributed by atoms with Gasteiger partial charge >= 0.3 is 0 Å². The first-order valence-corrected chi connectivity index (χ1v) is 5.93. The van der Waals surface area contributed by atoms with Gasteiger partial charge in [-0.2, -0.15) is 0 Å². The van der Waals surface area contributed by atoms with Crippen molar-refractivity contribution in [1.29, 1.82) is 0 Å². The number of methoxy groups -OCH3 is 1. The molecule has 94 valence electrons. The molecule has 0 saturated heterocycles. The number of aromatic nitrogens is 2. The smallest absolute Gasteiger partial charge is 0.257 e. The zero-order valence-corrected chi connectivity index (χ0v) is 10.3. The van der Waals surface area contributed by atoms with E-state index in [0.717, 1.165) is 18.7 Å². The van der Waals surface area contributed by atoms with Gasteiger partial charge in [-0.05, 0) is 19.8 Å². The minimum absolute atomic E-state index is 0.0230. The summed E-state index contributed by atoms with van der Waals surface area (Å²) in [5, 5.41) is 8.97. The molecule has 1 atom stereocenters. The Kier molecular flexibility index (Phi) is 3.59. The molecule has 1 aromatic heterocycles. The highest BCUT2D eigenvalue weighted by Crippen LogP contribution is 2.25. The van der Waals surface area contributed by atoms with Gasteiger partial charge in [0.25, 0.3) is 5.56 Å². The highest BCUT2D eigenvalue weighted by atomic mass is 16.5. The van der Waals surface area contributed by atoms with E-state index in [-0.39, 0.29) is 18.3 Å². The van der Waals surface area contributed by atoms with E-state index in [1.165, 1.54) is 0 Å². The molecule has 0 fully saturated rings. The Hall–Kier alpha value is -1.20. The molecule has 0 aliphatic carbocycles. The molecule has 1 aliphatic heterocycles. The van der Waals surface area contributed by atoms with Gasteiger partial charge in [-0.1, -0.05) is 0 Å². The average Bonchev–Trinajstić information content (AvgIpc) is 2.34. The lowest BCUT2D eigenvalue weighted by atomic mass is 10.1. The third kappa shape index (κ3) is 2.12. The van der Waals surface area contributed by atoms with Crippen molar-refractivity contribution in [3.8, 4) is 0 Å². The first-order chi connectivity index (χ1) is 8.19. The summed E-state index contributed by atoms with van der Waals surface area (Å²) in [4.78, 5) is 16.7. The van der Waals surface area contributed by atoms with Crippen LogP contribution in [0.5, 0.6) is 0 Å². The first kappa shape index (κ1) is 12.3. The van der Waals surface area contributed by atoms with E-state index in [4.69, 9.17) is 9.84 Å².